The quantitative estimate of drug-likeness (QED) is 0.335. The van der Waals surface area contributed by atoms with E-state index < -0.39 is 5.25 Å². The van der Waals surface area contributed by atoms with E-state index >= 15 is 0 Å². The highest BCUT2D eigenvalue weighted by Crippen LogP contribution is 2.35. The number of aromatic nitrogens is 4. The number of fused-ring (bicyclic) bond motifs is 4. The van der Waals surface area contributed by atoms with Gasteiger partial charge in [0.15, 0.2) is 5.16 Å². The zero-order chi connectivity index (χ0) is 25.0. The molecule has 0 bridgehead atoms. The van der Waals surface area contributed by atoms with E-state index in [1.54, 1.807) is 4.57 Å². The molecule has 1 aliphatic rings. The highest BCUT2D eigenvalue weighted by atomic mass is 32.2. The Balaban J connectivity index is 1.45. The van der Waals surface area contributed by atoms with Crippen molar-refractivity contribution in [2.45, 2.75) is 43.6 Å². The van der Waals surface area contributed by atoms with Gasteiger partial charge in [-0.2, -0.15) is 0 Å². The van der Waals surface area contributed by atoms with Crippen molar-refractivity contribution in [3.63, 3.8) is 0 Å². The van der Waals surface area contributed by atoms with Crippen LogP contribution in [0.2, 0.25) is 0 Å². The third-order valence-corrected chi connectivity index (χ3v) is 7.79. The number of para-hydroxylation sites is 2. The highest BCUT2D eigenvalue weighted by Gasteiger charge is 2.34. The van der Waals surface area contributed by atoms with Crippen LogP contribution in [0, 0.1) is 6.92 Å². The van der Waals surface area contributed by atoms with Gasteiger partial charge in [-0.3, -0.25) is 14.0 Å². The van der Waals surface area contributed by atoms with Crippen LogP contribution in [0.1, 0.15) is 25.0 Å². The highest BCUT2D eigenvalue weighted by molar-refractivity contribution is 8.00. The molecule has 0 N–H and O–H groups in total. The predicted molar refractivity (Wildman–Crippen MR) is 143 cm³/mol. The molecule has 8 heteroatoms. The standard InChI is InChI=1S/C28H25N5O2S/c1-17-12-14-21(15-13-17)32-26(35)22-9-5-7-11-24(22)33-27(32)29-30-28(33)36-19(3)25(34)31-18(2)16-20-8-4-6-10-23(20)31/h4-15,18-19H,16H2,1-3H3. The number of amides is 1. The molecule has 6 rings (SSSR count). The summed E-state index contributed by atoms with van der Waals surface area (Å²) < 4.78 is 3.47. The molecule has 0 saturated carbocycles. The maximum atomic E-state index is 13.6. The van der Waals surface area contributed by atoms with Crippen molar-refractivity contribution in [3.05, 3.63) is 94.3 Å². The summed E-state index contributed by atoms with van der Waals surface area (Å²) in [6.45, 7) is 5.99. The third-order valence-electron chi connectivity index (χ3n) is 6.76. The van der Waals surface area contributed by atoms with Crippen LogP contribution in [0.15, 0.2) is 82.7 Å². The summed E-state index contributed by atoms with van der Waals surface area (Å²) in [5.41, 5.74) is 4.55. The number of anilines is 1. The summed E-state index contributed by atoms with van der Waals surface area (Å²) in [7, 11) is 0. The van der Waals surface area contributed by atoms with E-state index in [9.17, 15) is 9.59 Å². The molecular formula is C28H25N5O2S. The van der Waals surface area contributed by atoms with Crippen LogP contribution in [-0.2, 0) is 11.2 Å². The second kappa shape index (κ2) is 8.64. The Morgan fingerprint density at radius 1 is 1.00 bits per heavy atom. The molecule has 3 aromatic carbocycles. The van der Waals surface area contributed by atoms with E-state index in [0.29, 0.717) is 21.8 Å². The smallest absolute Gasteiger partial charge is 0.267 e. The molecule has 1 amide bonds. The molecule has 2 unspecified atom stereocenters. The lowest BCUT2D eigenvalue weighted by Crippen LogP contribution is -2.40. The van der Waals surface area contributed by atoms with E-state index in [-0.39, 0.29) is 17.5 Å². The van der Waals surface area contributed by atoms with Crippen molar-refractivity contribution in [2.75, 3.05) is 4.90 Å². The molecule has 3 heterocycles. The Bertz CT molecular complexity index is 1690. The Labute approximate surface area is 212 Å². The van der Waals surface area contributed by atoms with Gasteiger partial charge in [-0.05, 0) is 63.1 Å². The Morgan fingerprint density at radius 2 is 1.72 bits per heavy atom. The number of hydrogen-bond donors (Lipinski definition) is 0. The number of carbonyl (C=O) groups is 1. The van der Waals surface area contributed by atoms with Gasteiger partial charge < -0.3 is 4.90 Å². The lowest BCUT2D eigenvalue weighted by molar-refractivity contribution is -0.118. The number of benzene rings is 3. The van der Waals surface area contributed by atoms with Gasteiger partial charge in [-0.1, -0.05) is 59.8 Å². The molecule has 1 aliphatic heterocycles. The summed E-state index contributed by atoms with van der Waals surface area (Å²) >= 11 is 1.36. The number of rotatable bonds is 4. The van der Waals surface area contributed by atoms with Crippen LogP contribution in [0.4, 0.5) is 5.69 Å². The molecule has 2 atom stereocenters. The minimum absolute atomic E-state index is 0.0327. The predicted octanol–water partition coefficient (Wildman–Crippen LogP) is 4.80. The van der Waals surface area contributed by atoms with Crippen molar-refractivity contribution in [1.29, 1.82) is 0 Å². The molecule has 180 valence electrons. The van der Waals surface area contributed by atoms with Gasteiger partial charge in [0.05, 0.1) is 21.8 Å². The average molecular weight is 496 g/mol. The lowest BCUT2D eigenvalue weighted by atomic mass is 10.1. The maximum absolute atomic E-state index is 13.6. The van der Waals surface area contributed by atoms with Gasteiger partial charge in [0.2, 0.25) is 11.7 Å². The number of hydrogen-bond acceptors (Lipinski definition) is 5. The van der Waals surface area contributed by atoms with E-state index in [0.717, 1.165) is 23.4 Å². The Kier molecular flexibility index (Phi) is 5.41. The largest absolute Gasteiger partial charge is 0.308 e. The lowest BCUT2D eigenvalue weighted by Gasteiger charge is -2.25. The Hall–Kier alpha value is -3.91. The topological polar surface area (TPSA) is 72.5 Å². The second-order valence-corrected chi connectivity index (χ2v) is 10.6. The first kappa shape index (κ1) is 22.5. The zero-order valence-electron chi connectivity index (χ0n) is 20.3. The van der Waals surface area contributed by atoms with Crippen molar-refractivity contribution < 1.29 is 4.79 Å². The first-order chi connectivity index (χ1) is 17.4. The molecule has 0 saturated heterocycles. The maximum Gasteiger partial charge on any atom is 0.267 e. The van der Waals surface area contributed by atoms with Crippen LogP contribution in [-0.4, -0.2) is 36.4 Å². The summed E-state index contributed by atoms with van der Waals surface area (Å²) in [5.74, 6) is 0.454. The van der Waals surface area contributed by atoms with E-state index in [4.69, 9.17) is 0 Å². The normalized spacial score (nSPS) is 16.0. The van der Waals surface area contributed by atoms with Gasteiger partial charge in [0, 0.05) is 11.7 Å². The summed E-state index contributed by atoms with van der Waals surface area (Å²) in [6, 6.07) is 23.4. The molecule has 2 aromatic heterocycles. The number of thioether (sulfide) groups is 1. The molecule has 0 aliphatic carbocycles. The van der Waals surface area contributed by atoms with Gasteiger partial charge in [-0.15, -0.1) is 10.2 Å². The molecule has 0 radical (unpaired) electrons. The van der Waals surface area contributed by atoms with Crippen LogP contribution >= 0.6 is 11.8 Å². The monoisotopic (exact) mass is 495 g/mol. The average Bonchev–Trinajstić information content (AvgIpc) is 3.45. The van der Waals surface area contributed by atoms with Crippen LogP contribution in [0.25, 0.3) is 22.4 Å². The van der Waals surface area contributed by atoms with Gasteiger partial charge in [0.1, 0.15) is 0 Å². The van der Waals surface area contributed by atoms with Crippen LogP contribution < -0.4 is 10.5 Å². The molecule has 36 heavy (non-hydrogen) atoms. The fourth-order valence-electron chi connectivity index (χ4n) is 4.99. The molecule has 0 fully saturated rings. The third kappa shape index (κ3) is 3.52. The fourth-order valence-corrected chi connectivity index (χ4v) is 5.89. The number of carbonyl (C=O) groups excluding carboxylic acids is 1. The van der Waals surface area contributed by atoms with Crippen molar-refractivity contribution in [1.82, 2.24) is 19.2 Å². The van der Waals surface area contributed by atoms with Gasteiger partial charge >= 0.3 is 0 Å². The number of nitrogens with zero attached hydrogens (tertiary/aromatic N) is 5. The fraction of sp³-hybridized carbons (Fsp3) is 0.214. The Morgan fingerprint density at radius 3 is 2.53 bits per heavy atom. The van der Waals surface area contributed by atoms with Crippen molar-refractivity contribution >= 4 is 40.0 Å². The van der Waals surface area contributed by atoms with E-state index in [2.05, 4.69) is 23.2 Å². The second-order valence-electron chi connectivity index (χ2n) is 9.26. The number of aryl methyl sites for hydroxylation is 1. The summed E-state index contributed by atoms with van der Waals surface area (Å²) in [4.78, 5) is 29.0. The van der Waals surface area contributed by atoms with Gasteiger partial charge in [0.25, 0.3) is 5.56 Å². The summed E-state index contributed by atoms with van der Waals surface area (Å²) in [6.07, 6.45) is 0.848. The van der Waals surface area contributed by atoms with E-state index in [1.807, 2.05) is 89.9 Å². The van der Waals surface area contributed by atoms with Gasteiger partial charge in [-0.25, -0.2) is 4.57 Å². The van der Waals surface area contributed by atoms with Crippen molar-refractivity contribution in [3.8, 4) is 5.69 Å². The summed E-state index contributed by atoms with van der Waals surface area (Å²) in [5, 5.41) is 9.60. The van der Waals surface area contributed by atoms with Crippen LogP contribution in [0.3, 0.4) is 0 Å². The SMILES string of the molecule is Cc1ccc(-n2c(=O)c3ccccc3n3c(SC(C)C(=O)N4c5ccccc5CC4C)nnc23)cc1. The van der Waals surface area contributed by atoms with Crippen molar-refractivity contribution in [2.24, 2.45) is 0 Å². The molecule has 7 nitrogen and oxygen atoms in total. The zero-order valence-corrected chi connectivity index (χ0v) is 21.1. The minimum atomic E-state index is -0.399. The first-order valence-electron chi connectivity index (χ1n) is 12.0. The molecule has 5 aromatic rings. The molecular weight excluding hydrogens is 470 g/mol. The van der Waals surface area contributed by atoms with E-state index in [1.165, 1.54) is 17.3 Å². The van der Waals surface area contributed by atoms with Crippen LogP contribution in [0.5, 0.6) is 0 Å². The minimum Gasteiger partial charge on any atom is -0.308 e. The first-order valence-corrected chi connectivity index (χ1v) is 12.9. The molecule has 0 spiro atoms.